The molecule has 0 amide bonds. The van der Waals surface area contributed by atoms with Crippen LogP contribution in [0.1, 0.15) is 28.8 Å². The summed E-state index contributed by atoms with van der Waals surface area (Å²) in [6, 6.07) is 4.32. The van der Waals surface area contributed by atoms with Crippen LogP contribution in [0.3, 0.4) is 0 Å². The van der Waals surface area contributed by atoms with Gasteiger partial charge in [0.1, 0.15) is 23.4 Å². The topological polar surface area (TPSA) is 51.8 Å². The van der Waals surface area contributed by atoms with Crippen LogP contribution in [0.15, 0.2) is 22.6 Å². The largest absolute Gasteiger partial charge is 0.493 e. The molecule has 1 atom stereocenters. The zero-order valence-electron chi connectivity index (χ0n) is 11.9. The Bertz CT molecular complexity index is 619. The van der Waals surface area contributed by atoms with Crippen molar-refractivity contribution in [3.8, 4) is 11.5 Å². The maximum atomic E-state index is 14.1. The van der Waals surface area contributed by atoms with Gasteiger partial charge >= 0.3 is 0 Å². The summed E-state index contributed by atoms with van der Waals surface area (Å²) in [5, 5.41) is 10.4. The normalized spacial score (nSPS) is 12.3. The molecule has 0 saturated carbocycles. The summed E-state index contributed by atoms with van der Waals surface area (Å²) >= 11 is 0. The Morgan fingerprint density at radius 1 is 1.05 bits per heavy atom. The molecule has 1 unspecified atom stereocenters. The number of hydrogen-bond donors (Lipinski definition) is 1. The standard InChI is InChI=1S/C15H17FO4/c1-8-5-10(9(2)20-8)15(17)11-6-13(18-3)14(19-4)7-12(11)16/h5-7,15,17H,1-4H3. The number of rotatable bonds is 4. The number of aliphatic hydroxyl groups excluding tert-OH is 1. The lowest BCUT2D eigenvalue weighted by Gasteiger charge is -2.15. The molecule has 0 saturated heterocycles. The van der Waals surface area contributed by atoms with Crippen molar-refractivity contribution in [2.75, 3.05) is 14.2 Å². The van der Waals surface area contributed by atoms with Crippen molar-refractivity contribution in [1.29, 1.82) is 0 Å². The SMILES string of the molecule is COc1cc(F)c(C(O)c2cc(C)oc2C)cc1OC. The summed E-state index contributed by atoms with van der Waals surface area (Å²) in [6.07, 6.45) is -1.12. The van der Waals surface area contributed by atoms with Gasteiger partial charge in [-0.15, -0.1) is 0 Å². The maximum Gasteiger partial charge on any atom is 0.163 e. The summed E-state index contributed by atoms with van der Waals surface area (Å²) in [7, 11) is 2.89. The van der Waals surface area contributed by atoms with Gasteiger partial charge in [0.2, 0.25) is 0 Å². The lowest BCUT2D eigenvalue weighted by atomic mass is 10.0. The Balaban J connectivity index is 2.49. The number of aliphatic hydroxyl groups is 1. The average molecular weight is 280 g/mol. The van der Waals surface area contributed by atoms with E-state index in [1.54, 1.807) is 19.9 Å². The summed E-state index contributed by atoms with van der Waals surface area (Å²) in [6.45, 7) is 3.50. The van der Waals surface area contributed by atoms with Gasteiger partial charge in [-0.2, -0.15) is 0 Å². The highest BCUT2D eigenvalue weighted by atomic mass is 19.1. The van der Waals surface area contributed by atoms with E-state index in [1.165, 1.54) is 26.4 Å². The average Bonchev–Trinajstić information content (AvgIpc) is 2.76. The molecule has 5 heteroatoms. The van der Waals surface area contributed by atoms with Gasteiger partial charge in [0.05, 0.1) is 14.2 Å². The molecule has 0 aliphatic heterocycles. The molecule has 1 heterocycles. The second-order valence-electron chi connectivity index (χ2n) is 4.50. The molecular weight excluding hydrogens is 263 g/mol. The van der Waals surface area contributed by atoms with Gasteiger partial charge < -0.3 is 19.0 Å². The second kappa shape index (κ2) is 5.54. The third-order valence-electron chi connectivity index (χ3n) is 3.17. The third kappa shape index (κ3) is 2.49. The number of furan rings is 1. The Hall–Kier alpha value is -2.01. The van der Waals surface area contributed by atoms with Crippen LogP contribution < -0.4 is 9.47 Å². The second-order valence-corrected chi connectivity index (χ2v) is 4.50. The van der Waals surface area contributed by atoms with E-state index in [0.717, 1.165) is 0 Å². The van der Waals surface area contributed by atoms with E-state index in [1.807, 2.05) is 0 Å². The molecular formula is C15H17FO4. The number of ether oxygens (including phenoxy) is 2. The first-order valence-corrected chi connectivity index (χ1v) is 6.14. The minimum absolute atomic E-state index is 0.117. The van der Waals surface area contributed by atoms with Gasteiger partial charge in [-0.1, -0.05) is 0 Å². The van der Waals surface area contributed by atoms with Gasteiger partial charge in [0, 0.05) is 17.2 Å². The number of benzene rings is 1. The Kier molecular flexibility index (Phi) is 3.99. The lowest BCUT2D eigenvalue weighted by Crippen LogP contribution is -2.04. The van der Waals surface area contributed by atoms with E-state index in [9.17, 15) is 9.50 Å². The molecule has 0 fully saturated rings. The van der Waals surface area contributed by atoms with Crippen molar-refractivity contribution in [2.24, 2.45) is 0 Å². The van der Waals surface area contributed by atoms with Gasteiger partial charge in [0.25, 0.3) is 0 Å². The fourth-order valence-electron chi connectivity index (χ4n) is 2.17. The van der Waals surface area contributed by atoms with E-state index in [-0.39, 0.29) is 11.3 Å². The van der Waals surface area contributed by atoms with Crippen LogP contribution >= 0.6 is 0 Å². The number of methoxy groups -OCH3 is 2. The first-order chi connectivity index (χ1) is 9.47. The molecule has 1 N–H and O–H groups in total. The van der Waals surface area contributed by atoms with Crippen molar-refractivity contribution in [3.63, 3.8) is 0 Å². The fraction of sp³-hybridized carbons (Fsp3) is 0.333. The molecule has 20 heavy (non-hydrogen) atoms. The van der Waals surface area contributed by atoms with Gasteiger partial charge in [0.15, 0.2) is 11.5 Å². The summed E-state index contributed by atoms with van der Waals surface area (Å²) < 4.78 is 29.6. The zero-order valence-corrected chi connectivity index (χ0v) is 11.9. The van der Waals surface area contributed by atoms with E-state index in [4.69, 9.17) is 13.9 Å². The lowest BCUT2D eigenvalue weighted by molar-refractivity contribution is 0.211. The molecule has 1 aromatic carbocycles. The Morgan fingerprint density at radius 3 is 2.15 bits per heavy atom. The molecule has 4 nitrogen and oxygen atoms in total. The van der Waals surface area contributed by atoms with E-state index < -0.39 is 11.9 Å². The predicted octanol–water partition coefficient (Wildman–Crippen LogP) is 3.13. The first kappa shape index (κ1) is 14.4. The van der Waals surface area contributed by atoms with Gasteiger partial charge in [-0.05, 0) is 26.0 Å². The van der Waals surface area contributed by atoms with Crippen LogP contribution in [-0.2, 0) is 0 Å². The highest BCUT2D eigenvalue weighted by Gasteiger charge is 2.22. The van der Waals surface area contributed by atoms with Crippen LogP contribution in [0.4, 0.5) is 4.39 Å². The Morgan fingerprint density at radius 2 is 1.65 bits per heavy atom. The van der Waals surface area contributed by atoms with Crippen LogP contribution in [0.25, 0.3) is 0 Å². The molecule has 1 aromatic heterocycles. The highest BCUT2D eigenvalue weighted by molar-refractivity contribution is 5.46. The van der Waals surface area contributed by atoms with Crippen LogP contribution in [0.2, 0.25) is 0 Å². The van der Waals surface area contributed by atoms with Crippen LogP contribution in [0.5, 0.6) is 11.5 Å². The molecule has 2 aromatic rings. The van der Waals surface area contributed by atoms with Crippen molar-refractivity contribution >= 4 is 0 Å². The molecule has 0 aliphatic rings. The summed E-state index contributed by atoms with van der Waals surface area (Å²) in [4.78, 5) is 0. The summed E-state index contributed by atoms with van der Waals surface area (Å²) in [5.74, 6) is 1.30. The predicted molar refractivity (Wildman–Crippen MR) is 71.7 cm³/mol. The quantitative estimate of drug-likeness (QED) is 0.934. The van der Waals surface area contributed by atoms with Gasteiger partial charge in [-0.3, -0.25) is 0 Å². The number of halogens is 1. The third-order valence-corrected chi connectivity index (χ3v) is 3.17. The van der Waals surface area contributed by atoms with Crippen molar-refractivity contribution in [2.45, 2.75) is 20.0 Å². The van der Waals surface area contributed by atoms with Gasteiger partial charge in [-0.25, -0.2) is 4.39 Å². The molecule has 0 radical (unpaired) electrons. The monoisotopic (exact) mass is 280 g/mol. The fourth-order valence-corrected chi connectivity index (χ4v) is 2.17. The Labute approximate surface area is 116 Å². The van der Waals surface area contributed by atoms with E-state index in [0.29, 0.717) is 22.8 Å². The summed E-state index contributed by atoms with van der Waals surface area (Å²) in [5.41, 5.74) is 0.653. The molecule has 0 spiro atoms. The minimum Gasteiger partial charge on any atom is -0.493 e. The van der Waals surface area contributed by atoms with E-state index in [2.05, 4.69) is 0 Å². The molecule has 0 aliphatic carbocycles. The maximum absolute atomic E-state index is 14.1. The molecule has 0 bridgehead atoms. The van der Waals surface area contributed by atoms with E-state index >= 15 is 0 Å². The van der Waals surface area contributed by atoms with Crippen molar-refractivity contribution in [3.05, 3.63) is 46.7 Å². The zero-order chi connectivity index (χ0) is 14.9. The van der Waals surface area contributed by atoms with Crippen LogP contribution in [0, 0.1) is 19.7 Å². The highest BCUT2D eigenvalue weighted by Crippen LogP contribution is 2.35. The number of aryl methyl sites for hydroxylation is 2. The molecule has 108 valence electrons. The van der Waals surface area contributed by atoms with Crippen molar-refractivity contribution in [1.82, 2.24) is 0 Å². The molecule has 2 rings (SSSR count). The minimum atomic E-state index is -1.12. The first-order valence-electron chi connectivity index (χ1n) is 6.14. The smallest absolute Gasteiger partial charge is 0.163 e. The number of hydrogen-bond acceptors (Lipinski definition) is 4. The van der Waals surface area contributed by atoms with Crippen LogP contribution in [-0.4, -0.2) is 19.3 Å². The van der Waals surface area contributed by atoms with Crippen molar-refractivity contribution < 1.29 is 23.4 Å².